The van der Waals surface area contributed by atoms with Gasteiger partial charge in [0.1, 0.15) is 0 Å². The lowest BCUT2D eigenvalue weighted by Crippen LogP contribution is -2.52. The fraction of sp³-hybridized carbons (Fsp3) is 0.848. The van der Waals surface area contributed by atoms with E-state index in [2.05, 4.69) is 71.3 Å². The zero-order valence-electron chi connectivity index (χ0n) is 37.9. The maximum atomic E-state index is 13.7. The number of allylic oxidation sites excluding steroid dienone is 3. The maximum absolute atomic E-state index is 13.7. The molecule has 10 nitrogen and oxygen atoms in total. The molecule has 0 aromatic heterocycles. The van der Waals surface area contributed by atoms with Crippen LogP contribution in [0, 0.1) is 23.7 Å². The lowest BCUT2D eigenvalue weighted by molar-refractivity contribution is -0.324. The Morgan fingerprint density at radius 1 is 0.930 bits per heavy atom. The van der Waals surface area contributed by atoms with Crippen LogP contribution in [0.25, 0.3) is 0 Å². The molecule has 57 heavy (non-hydrogen) atoms. The number of ether oxygens (including phenoxy) is 3. The van der Waals surface area contributed by atoms with E-state index in [0.717, 1.165) is 76.2 Å². The molecule has 0 unspecified atom stereocenters. The molecule has 0 radical (unpaired) electrons. The van der Waals surface area contributed by atoms with Crippen molar-refractivity contribution in [1.82, 2.24) is 10.6 Å². The molecule has 3 aliphatic heterocycles. The monoisotopic (exact) mass is 819 g/mol. The van der Waals surface area contributed by atoms with Crippen LogP contribution in [0.1, 0.15) is 153 Å². The first-order chi connectivity index (χ1) is 26.6. The van der Waals surface area contributed by atoms with Crippen molar-refractivity contribution in [2.75, 3.05) is 13.1 Å². The summed E-state index contributed by atoms with van der Waals surface area (Å²) < 4.78 is 26.6. The number of amides is 2. The third kappa shape index (κ3) is 15.9. The Labute approximate surface area is 347 Å². The van der Waals surface area contributed by atoms with E-state index < -0.39 is 32.2 Å². The number of nitrogens with one attached hydrogen (secondary N) is 2. The van der Waals surface area contributed by atoms with Crippen LogP contribution in [-0.4, -0.2) is 86.5 Å². The molecule has 0 aromatic rings. The van der Waals surface area contributed by atoms with Crippen LogP contribution in [0.15, 0.2) is 23.8 Å². The Hall–Kier alpha value is -1.89. The van der Waals surface area contributed by atoms with Crippen LogP contribution in [0.5, 0.6) is 0 Å². The Bertz CT molecular complexity index is 1340. The van der Waals surface area contributed by atoms with E-state index in [4.69, 9.17) is 18.6 Å². The third-order valence-electron chi connectivity index (χ3n) is 13.4. The van der Waals surface area contributed by atoms with Crippen LogP contribution in [0.2, 0.25) is 18.1 Å². The van der Waals surface area contributed by atoms with Gasteiger partial charge in [0.2, 0.25) is 11.8 Å². The van der Waals surface area contributed by atoms with Crippen LogP contribution in [-0.2, 0) is 33.0 Å². The van der Waals surface area contributed by atoms with E-state index in [0.29, 0.717) is 24.8 Å². The van der Waals surface area contributed by atoms with E-state index in [1.165, 1.54) is 0 Å². The number of carbonyl (C=O) groups is 3. The summed E-state index contributed by atoms with van der Waals surface area (Å²) >= 11 is 0. The van der Waals surface area contributed by atoms with Crippen molar-refractivity contribution in [3.05, 3.63) is 23.8 Å². The minimum atomic E-state index is -2.28. The van der Waals surface area contributed by atoms with Crippen molar-refractivity contribution >= 4 is 25.9 Å². The number of carbonyl (C=O) groups excluding carboxylic acids is 3. The molecule has 0 aromatic carbocycles. The molecule has 2 amide bonds. The van der Waals surface area contributed by atoms with E-state index in [1.807, 2.05) is 27.7 Å². The van der Waals surface area contributed by atoms with Crippen molar-refractivity contribution < 1.29 is 38.1 Å². The fourth-order valence-electron chi connectivity index (χ4n) is 8.19. The van der Waals surface area contributed by atoms with Crippen LogP contribution < -0.4 is 10.6 Å². The van der Waals surface area contributed by atoms with Gasteiger partial charge < -0.3 is 34.4 Å². The number of hydrogen-bond donors (Lipinski definition) is 3. The van der Waals surface area contributed by atoms with E-state index >= 15 is 0 Å². The Morgan fingerprint density at radius 3 is 2.30 bits per heavy atom. The lowest BCUT2D eigenvalue weighted by atomic mass is 9.85. The minimum absolute atomic E-state index is 0.0432. The van der Waals surface area contributed by atoms with Gasteiger partial charge >= 0.3 is 0 Å². The Balaban J connectivity index is 1.53. The van der Waals surface area contributed by atoms with E-state index in [9.17, 15) is 19.5 Å². The van der Waals surface area contributed by atoms with Gasteiger partial charge in [-0.3, -0.25) is 14.4 Å². The second-order valence-corrected chi connectivity index (χ2v) is 24.3. The molecule has 11 atom stereocenters. The molecule has 11 heteroatoms. The van der Waals surface area contributed by atoms with Gasteiger partial charge in [-0.25, -0.2) is 0 Å². The maximum Gasteiger partial charge on any atom is 0.225 e. The summed E-state index contributed by atoms with van der Waals surface area (Å²) in [5.41, 5.74) is 1.02. The highest BCUT2D eigenvalue weighted by atomic mass is 28.4. The number of aliphatic hydroxyl groups excluding tert-OH is 1. The lowest BCUT2D eigenvalue weighted by Gasteiger charge is -2.48. The Morgan fingerprint density at radius 2 is 1.63 bits per heavy atom. The highest BCUT2D eigenvalue weighted by molar-refractivity contribution is 6.74. The Kier molecular flexibility index (Phi) is 19.6. The largest absolute Gasteiger partial charge is 0.411 e. The van der Waals surface area contributed by atoms with Gasteiger partial charge in [0.05, 0.1) is 49.0 Å². The smallest absolute Gasteiger partial charge is 0.225 e. The summed E-state index contributed by atoms with van der Waals surface area (Å²) in [5.74, 6) is -0.138. The van der Waals surface area contributed by atoms with Crippen molar-refractivity contribution in [3.63, 3.8) is 0 Å². The van der Waals surface area contributed by atoms with Crippen molar-refractivity contribution in [2.24, 2.45) is 23.7 Å². The van der Waals surface area contributed by atoms with Gasteiger partial charge in [-0.2, -0.15) is 0 Å². The molecule has 3 rings (SSSR count). The zero-order chi connectivity index (χ0) is 42.6. The zero-order valence-corrected chi connectivity index (χ0v) is 38.9. The molecule has 0 aliphatic carbocycles. The predicted molar refractivity (Wildman–Crippen MR) is 231 cm³/mol. The van der Waals surface area contributed by atoms with Gasteiger partial charge in [-0.05, 0) is 126 Å². The minimum Gasteiger partial charge on any atom is -0.411 e. The van der Waals surface area contributed by atoms with Crippen LogP contribution in [0.3, 0.4) is 0 Å². The summed E-state index contributed by atoms with van der Waals surface area (Å²) in [7, 11) is -2.28. The highest BCUT2D eigenvalue weighted by Gasteiger charge is 2.45. The second kappa shape index (κ2) is 22.6. The first-order valence-corrected chi connectivity index (χ1v) is 25.3. The average molecular weight is 819 g/mol. The molecule has 3 N–H and O–H groups in total. The normalized spacial score (nSPS) is 29.8. The molecular formula is C46H82N2O8Si. The number of hydrogen-bond acceptors (Lipinski definition) is 8. The molecule has 0 saturated carbocycles. The SMILES string of the molecule is C/C=C/C(=O)C[C@@H]1CC[C@@H](C)[C@@H](CC(=O)NC[C@@H](O[Si](C)(C)C(C)(C)C)[C@@H](C)C(=O)NCCC[C@H]2O[C@@]3(CCC[C@@H](CC[C@H](C)/C=C(\C)[C@H](C)O)O3)CC[C@@H]2C)O1. The van der Waals surface area contributed by atoms with Gasteiger partial charge in [0, 0.05) is 32.4 Å². The van der Waals surface area contributed by atoms with E-state index in [-0.39, 0.29) is 65.9 Å². The van der Waals surface area contributed by atoms with Gasteiger partial charge in [0.15, 0.2) is 19.9 Å². The van der Waals surface area contributed by atoms with Gasteiger partial charge in [0.25, 0.3) is 0 Å². The molecule has 3 aliphatic rings. The first-order valence-electron chi connectivity index (χ1n) is 22.4. The summed E-state index contributed by atoms with van der Waals surface area (Å²) in [6.07, 6.45) is 15.4. The number of ketones is 1. The quantitative estimate of drug-likeness (QED) is 0.0481. The number of aliphatic hydroxyl groups is 1. The second-order valence-electron chi connectivity index (χ2n) is 19.5. The topological polar surface area (TPSA) is 132 Å². The van der Waals surface area contributed by atoms with E-state index in [1.54, 1.807) is 12.2 Å². The summed E-state index contributed by atoms with van der Waals surface area (Å²) in [6.45, 7) is 25.8. The summed E-state index contributed by atoms with van der Waals surface area (Å²) in [6, 6.07) is 0. The third-order valence-corrected chi connectivity index (χ3v) is 17.9. The van der Waals surface area contributed by atoms with Crippen LogP contribution >= 0.6 is 0 Å². The van der Waals surface area contributed by atoms with Gasteiger partial charge in [-0.1, -0.05) is 60.6 Å². The average Bonchev–Trinajstić information content (AvgIpc) is 3.13. The van der Waals surface area contributed by atoms with Crippen molar-refractivity contribution in [2.45, 2.75) is 213 Å². The summed E-state index contributed by atoms with van der Waals surface area (Å²) in [4.78, 5) is 39.2. The highest BCUT2D eigenvalue weighted by Crippen LogP contribution is 2.43. The van der Waals surface area contributed by atoms with Gasteiger partial charge in [-0.15, -0.1) is 0 Å². The molecule has 1 spiro atoms. The van der Waals surface area contributed by atoms with Crippen molar-refractivity contribution in [3.8, 4) is 0 Å². The first kappa shape index (κ1) is 49.5. The fourth-order valence-corrected chi connectivity index (χ4v) is 9.59. The molecule has 328 valence electrons. The standard InChI is InChI=1S/C46H82N2O8Si/c1-13-16-37(50)28-39-22-20-32(3)41(53-39)29-43(51)48-30-42(56-57(11,12)45(8,9)10)35(6)44(52)47-26-15-18-40-33(4)23-25-46(55-40)24-14-17-38(54-46)21-19-31(2)27-34(5)36(7)49/h13,16,27,31-33,35-36,38-42,49H,14-15,17-26,28-30H2,1-12H3,(H,47,52)(H,48,51)/b16-13+,34-27+/t31-,32+,33-,35+,36-,38-,39-,40+,41+,42+,46-/m0/s1. The molecule has 3 heterocycles. The number of rotatable bonds is 20. The molecule has 3 fully saturated rings. The summed E-state index contributed by atoms with van der Waals surface area (Å²) in [5, 5.41) is 16.1. The molecule has 3 saturated heterocycles. The van der Waals surface area contributed by atoms with Crippen molar-refractivity contribution in [1.29, 1.82) is 0 Å². The molecule has 0 bridgehead atoms. The molecular weight excluding hydrogens is 737 g/mol. The van der Waals surface area contributed by atoms with Crippen LogP contribution in [0.4, 0.5) is 0 Å². The predicted octanol–water partition coefficient (Wildman–Crippen LogP) is 8.96.